The molecule has 0 radical (unpaired) electrons. The van der Waals surface area contributed by atoms with Crippen molar-refractivity contribution < 1.29 is 28.1 Å². The number of anilines is 1. The largest absolute Gasteiger partial charge is 0.493 e. The number of methoxy groups -OCH3 is 2. The first-order valence-electron chi connectivity index (χ1n) is 12.3. The summed E-state index contributed by atoms with van der Waals surface area (Å²) in [7, 11) is 3.24. The Bertz CT molecular complexity index is 1440. The zero-order valence-electron chi connectivity index (χ0n) is 21.6. The molecular formula is C29H28FN3O5S. The van der Waals surface area contributed by atoms with Crippen LogP contribution in [0, 0.1) is 5.82 Å². The average Bonchev–Trinajstić information content (AvgIpc) is 3.62. The van der Waals surface area contributed by atoms with Crippen LogP contribution in [0.15, 0.2) is 66.0 Å². The fraction of sp³-hybridized carbons (Fsp3) is 0.241. The first kappa shape index (κ1) is 26.5. The Labute approximate surface area is 229 Å². The molecule has 0 aliphatic carbocycles. The van der Waals surface area contributed by atoms with E-state index in [1.807, 2.05) is 36.4 Å². The van der Waals surface area contributed by atoms with E-state index in [2.05, 4.69) is 15.2 Å². The quantitative estimate of drug-likeness (QED) is 0.264. The number of amides is 1. The third kappa shape index (κ3) is 6.65. The van der Waals surface area contributed by atoms with Gasteiger partial charge >= 0.3 is 0 Å². The van der Waals surface area contributed by atoms with E-state index in [0.717, 1.165) is 40.6 Å². The molecule has 0 unspecified atom stereocenters. The number of nitrogens with zero attached hydrogens (tertiary/aromatic N) is 2. The Kier molecular flexibility index (Phi) is 8.24. The highest BCUT2D eigenvalue weighted by Crippen LogP contribution is 2.33. The summed E-state index contributed by atoms with van der Waals surface area (Å²) in [6.45, 7) is 2.17. The van der Waals surface area contributed by atoms with Crippen LogP contribution in [0.3, 0.4) is 0 Å². The number of rotatable bonds is 11. The maximum atomic E-state index is 13.2. The van der Waals surface area contributed by atoms with E-state index in [1.54, 1.807) is 19.6 Å². The van der Waals surface area contributed by atoms with Crippen LogP contribution in [-0.2, 0) is 19.5 Å². The number of nitrogens with one attached hydrogen (secondary N) is 1. The second-order valence-corrected chi connectivity index (χ2v) is 9.87. The van der Waals surface area contributed by atoms with Crippen LogP contribution in [0.5, 0.6) is 23.0 Å². The van der Waals surface area contributed by atoms with E-state index in [-0.39, 0.29) is 18.5 Å². The van der Waals surface area contributed by atoms with Crippen molar-refractivity contribution in [1.82, 2.24) is 9.88 Å². The maximum Gasteiger partial charge on any atom is 0.275 e. The van der Waals surface area contributed by atoms with E-state index in [9.17, 15) is 9.18 Å². The van der Waals surface area contributed by atoms with Crippen molar-refractivity contribution in [1.29, 1.82) is 0 Å². The van der Waals surface area contributed by atoms with Crippen LogP contribution >= 0.6 is 11.3 Å². The minimum Gasteiger partial charge on any atom is -0.493 e. The third-order valence-corrected chi connectivity index (χ3v) is 7.09. The molecule has 1 aromatic heterocycles. The van der Waals surface area contributed by atoms with E-state index in [1.165, 1.54) is 35.6 Å². The fourth-order valence-corrected chi connectivity index (χ4v) is 5.06. The highest BCUT2D eigenvalue weighted by Gasteiger charge is 2.18. The molecule has 1 N–H and O–H groups in total. The van der Waals surface area contributed by atoms with Crippen molar-refractivity contribution >= 4 is 22.9 Å². The first-order valence-corrected chi connectivity index (χ1v) is 13.2. The summed E-state index contributed by atoms with van der Waals surface area (Å²) in [5.41, 5.74) is 3.02. The minimum atomic E-state index is -0.362. The van der Waals surface area contributed by atoms with Gasteiger partial charge in [-0.1, -0.05) is 12.1 Å². The topological polar surface area (TPSA) is 82.2 Å². The lowest BCUT2D eigenvalue weighted by atomic mass is 10.1. The SMILES string of the molecule is COc1ccc(CCN(Cc2ccc3c(c2)OCO3)Cc2nc(C(=O)Nc3ccc(F)cc3)cs2)cc1OC. The number of fused-ring (bicyclic) bond motifs is 1. The van der Waals surface area contributed by atoms with Gasteiger partial charge in [-0.25, -0.2) is 9.37 Å². The van der Waals surface area contributed by atoms with Crippen LogP contribution in [0.2, 0.25) is 0 Å². The Morgan fingerprint density at radius 1 is 0.974 bits per heavy atom. The molecule has 2 heterocycles. The van der Waals surface area contributed by atoms with Crippen molar-refractivity contribution in [3.05, 3.63) is 93.7 Å². The third-order valence-electron chi connectivity index (χ3n) is 6.25. The van der Waals surface area contributed by atoms with Crippen LogP contribution in [0.25, 0.3) is 0 Å². The number of hydrogen-bond acceptors (Lipinski definition) is 8. The number of hydrogen-bond donors (Lipinski definition) is 1. The molecule has 1 aliphatic heterocycles. The summed E-state index contributed by atoms with van der Waals surface area (Å²) in [4.78, 5) is 19.5. The second-order valence-electron chi connectivity index (χ2n) is 8.93. The van der Waals surface area contributed by atoms with Gasteiger partial charge in [0.2, 0.25) is 6.79 Å². The van der Waals surface area contributed by atoms with E-state index in [4.69, 9.17) is 18.9 Å². The number of ether oxygens (including phenoxy) is 4. The molecule has 0 saturated heterocycles. The van der Waals surface area contributed by atoms with Crippen LogP contribution in [0.1, 0.15) is 26.6 Å². The molecule has 1 amide bonds. The van der Waals surface area contributed by atoms with Gasteiger partial charge in [-0.15, -0.1) is 11.3 Å². The molecule has 0 fully saturated rings. The standard InChI is InChI=1S/C29H28FN3O5S/c1-35-24-9-3-19(13-26(24)36-2)11-12-33(15-20-4-10-25-27(14-20)38-18-37-25)16-28-32-23(17-39-28)29(34)31-22-7-5-21(30)6-8-22/h3-10,13-14,17H,11-12,15-16,18H2,1-2H3,(H,31,34). The molecular weight excluding hydrogens is 521 g/mol. The number of carbonyl (C=O) groups is 1. The van der Waals surface area contributed by atoms with Gasteiger partial charge in [-0.2, -0.15) is 0 Å². The van der Waals surface area contributed by atoms with Crippen molar-refractivity contribution in [3.63, 3.8) is 0 Å². The highest BCUT2D eigenvalue weighted by atomic mass is 32.1. The minimum absolute atomic E-state index is 0.226. The fourth-order valence-electron chi connectivity index (χ4n) is 4.24. The summed E-state index contributed by atoms with van der Waals surface area (Å²) in [5.74, 6) is 2.16. The van der Waals surface area contributed by atoms with E-state index < -0.39 is 0 Å². The Balaban J connectivity index is 1.30. The first-order chi connectivity index (χ1) is 19.0. The number of aromatic nitrogens is 1. The highest BCUT2D eigenvalue weighted by molar-refractivity contribution is 7.09. The van der Waals surface area contributed by atoms with Gasteiger partial charge in [0, 0.05) is 24.2 Å². The second kappa shape index (κ2) is 12.1. The molecule has 5 rings (SSSR count). The molecule has 1 aliphatic rings. The molecule has 3 aromatic carbocycles. The number of benzene rings is 3. The number of halogens is 1. The predicted octanol–water partition coefficient (Wildman–Crippen LogP) is 5.53. The lowest BCUT2D eigenvalue weighted by Crippen LogP contribution is -2.25. The van der Waals surface area contributed by atoms with Crippen molar-refractivity contribution in [3.8, 4) is 23.0 Å². The van der Waals surface area contributed by atoms with Gasteiger partial charge in [0.05, 0.1) is 20.8 Å². The molecule has 8 nitrogen and oxygen atoms in total. The summed E-state index contributed by atoms with van der Waals surface area (Å²) in [6, 6.07) is 17.5. The van der Waals surface area contributed by atoms with Gasteiger partial charge < -0.3 is 24.3 Å². The zero-order chi connectivity index (χ0) is 27.2. The van der Waals surface area contributed by atoms with E-state index >= 15 is 0 Å². The molecule has 39 heavy (non-hydrogen) atoms. The Hall–Kier alpha value is -4.15. The molecule has 4 aromatic rings. The van der Waals surface area contributed by atoms with E-state index in [0.29, 0.717) is 36.0 Å². The Morgan fingerprint density at radius 3 is 2.54 bits per heavy atom. The predicted molar refractivity (Wildman–Crippen MR) is 146 cm³/mol. The summed E-state index contributed by atoms with van der Waals surface area (Å²) >= 11 is 1.43. The average molecular weight is 550 g/mol. The van der Waals surface area contributed by atoms with Crippen molar-refractivity contribution in [2.75, 3.05) is 32.9 Å². The van der Waals surface area contributed by atoms with Crippen molar-refractivity contribution in [2.45, 2.75) is 19.5 Å². The molecule has 202 valence electrons. The zero-order valence-corrected chi connectivity index (χ0v) is 22.4. The van der Waals surface area contributed by atoms with Gasteiger partial charge in [0.1, 0.15) is 16.5 Å². The Morgan fingerprint density at radius 2 is 1.74 bits per heavy atom. The number of carbonyl (C=O) groups excluding carboxylic acids is 1. The van der Waals surface area contributed by atoms with Crippen molar-refractivity contribution in [2.24, 2.45) is 0 Å². The van der Waals surface area contributed by atoms with Gasteiger partial charge in [-0.3, -0.25) is 9.69 Å². The lowest BCUT2D eigenvalue weighted by molar-refractivity contribution is 0.102. The molecule has 0 spiro atoms. The molecule has 0 saturated carbocycles. The smallest absolute Gasteiger partial charge is 0.275 e. The number of thiazole rings is 1. The van der Waals surface area contributed by atoms with Crippen LogP contribution < -0.4 is 24.3 Å². The summed E-state index contributed by atoms with van der Waals surface area (Å²) < 4.78 is 35.0. The molecule has 0 atom stereocenters. The van der Waals surface area contributed by atoms with Gasteiger partial charge in [-0.05, 0) is 66.1 Å². The summed E-state index contributed by atoms with van der Waals surface area (Å²) in [6.07, 6.45) is 0.772. The lowest BCUT2D eigenvalue weighted by Gasteiger charge is -2.22. The van der Waals surface area contributed by atoms with Gasteiger partial charge in [0.15, 0.2) is 23.0 Å². The summed E-state index contributed by atoms with van der Waals surface area (Å²) in [5, 5.41) is 5.31. The van der Waals surface area contributed by atoms with Crippen LogP contribution in [0.4, 0.5) is 10.1 Å². The normalized spacial score (nSPS) is 12.0. The monoisotopic (exact) mass is 549 g/mol. The van der Waals surface area contributed by atoms with Crippen LogP contribution in [-0.4, -0.2) is 43.3 Å². The van der Waals surface area contributed by atoms with Gasteiger partial charge in [0.25, 0.3) is 5.91 Å². The maximum absolute atomic E-state index is 13.2. The molecule has 0 bridgehead atoms. The molecule has 10 heteroatoms.